The predicted molar refractivity (Wildman–Crippen MR) is 141 cm³/mol. The second-order valence-electron chi connectivity index (χ2n) is 9.41. The molecule has 2 N–H and O–H groups in total. The van der Waals surface area contributed by atoms with Gasteiger partial charge in [-0.05, 0) is 43.7 Å². The molecule has 1 unspecified atom stereocenters. The number of nitrogens with zero attached hydrogens (tertiary/aromatic N) is 4. The molecule has 2 fully saturated rings. The normalized spacial score (nSPS) is 19.4. The number of aliphatic hydroxyl groups is 1. The number of morpholine rings is 1. The minimum atomic E-state index is -0.374. The molecule has 0 aliphatic carbocycles. The molecule has 9 nitrogen and oxygen atoms in total. The van der Waals surface area contributed by atoms with Gasteiger partial charge in [0.1, 0.15) is 16.2 Å². The second-order valence-corrected chi connectivity index (χ2v) is 10.4. The summed E-state index contributed by atoms with van der Waals surface area (Å²) in [6, 6.07) is 11.6. The Labute approximate surface area is 211 Å². The molecule has 2 aliphatic rings. The molecule has 4 aromatic rings. The van der Waals surface area contributed by atoms with Crippen molar-refractivity contribution < 1.29 is 14.6 Å². The zero-order chi connectivity index (χ0) is 24.6. The van der Waals surface area contributed by atoms with Crippen molar-refractivity contribution in [3.05, 3.63) is 52.2 Å². The largest absolute Gasteiger partial charge is 0.392 e. The lowest BCUT2D eigenvalue weighted by Gasteiger charge is -2.29. The van der Waals surface area contributed by atoms with Gasteiger partial charge in [0.2, 0.25) is 5.43 Å². The molecule has 36 heavy (non-hydrogen) atoms. The molecule has 0 saturated carbocycles. The first-order valence-corrected chi connectivity index (χ1v) is 13.3. The summed E-state index contributed by atoms with van der Waals surface area (Å²) in [6.45, 7) is 5.35. The molecule has 0 spiro atoms. The molecular weight excluding hydrogens is 478 g/mol. The molecule has 5 heterocycles. The van der Waals surface area contributed by atoms with E-state index in [2.05, 4.69) is 15.1 Å². The number of likely N-dealkylation sites (tertiary alicyclic amines) is 1. The molecule has 1 atom stereocenters. The Hall–Kier alpha value is -3.05. The van der Waals surface area contributed by atoms with Gasteiger partial charge in [0.25, 0.3) is 5.91 Å². The number of ether oxygens (including phenoxy) is 1. The Morgan fingerprint density at radius 2 is 2.00 bits per heavy atom. The number of aliphatic hydroxyl groups excluding tert-OH is 1. The molecule has 3 aromatic heterocycles. The zero-order valence-electron chi connectivity index (χ0n) is 20.0. The van der Waals surface area contributed by atoms with Gasteiger partial charge in [0, 0.05) is 32.7 Å². The molecule has 0 bridgehead atoms. The van der Waals surface area contributed by atoms with E-state index in [0.29, 0.717) is 48.7 Å². The third-order valence-corrected chi connectivity index (χ3v) is 8.18. The summed E-state index contributed by atoms with van der Waals surface area (Å²) in [5.41, 5.74) is 1.34. The number of anilines is 1. The number of para-hydroxylation sites is 1. The van der Waals surface area contributed by atoms with Gasteiger partial charge in [0.05, 0.1) is 34.9 Å². The fourth-order valence-electron chi connectivity index (χ4n) is 5.20. The van der Waals surface area contributed by atoms with Crippen LogP contribution in [0.1, 0.15) is 23.2 Å². The van der Waals surface area contributed by atoms with Crippen LogP contribution in [0.2, 0.25) is 0 Å². The Kier molecular flexibility index (Phi) is 6.34. The van der Waals surface area contributed by atoms with Crippen molar-refractivity contribution in [1.82, 2.24) is 19.6 Å². The number of carbonyl (C=O) groups excluding carboxylic acids is 1. The predicted octanol–water partition coefficient (Wildman–Crippen LogP) is 2.09. The Morgan fingerprint density at radius 1 is 1.17 bits per heavy atom. The Balaban J connectivity index is 1.41. The van der Waals surface area contributed by atoms with Crippen molar-refractivity contribution in [3.63, 3.8) is 0 Å². The van der Waals surface area contributed by atoms with Crippen molar-refractivity contribution in [2.75, 3.05) is 57.4 Å². The lowest BCUT2D eigenvalue weighted by Crippen LogP contribution is -2.43. The van der Waals surface area contributed by atoms with Crippen molar-refractivity contribution in [2.24, 2.45) is 0 Å². The first kappa shape index (κ1) is 23.4. The van der Waals surface area contributed by atoms with Crippen molar-refractivity contribution in [3.8, 4) is 0 Å². The van der Waals surface area contributed by atoms with E-state index in [-0.39, 0.29) is 23.0 Å². The van der Waals surface area contributed by atoms with Crippen LogP contribution in [0.5, 0.6) is 0 Å². The van der Waals surface area contributed by atoms with Gasteiger partial charge in [-0.1, -0.05) is 12.1 Å². The summed E-state index contributed by atoms with van der Waals surface area (Å²) in [4.78, 5) is 36.9. The van der Waals surface area contributed by atoms with Gasteiger partial charge in [-0.3, -0.25) is 18.9 Å². The van der Waals surface area contributed by atoms with Crippen LogP contribution >= 0.6 is 11.3 Å². The maximum atomic E-state index is 13.7. The monoisotopic (exact) mass is 507 g/mol. The summed E-state index contributed by atoms with van der Waals surface area (Å²) >= 11 is 1.43. The number of piperidine rings is 1. The number of pyridine rings is 2. The number of benzene rings is 1. The minimum Gasteiger partial charge on any atom is -0.392 e. The zero-order valence-corrected chi connectivity index (χ0v) is 20.8. The number of carbonyl (C=O) groups is 1. The molecule has 10 heteroatoms. The third-order valence-electron chi connectivity index (χ3n) is 7.03. The number of amides is 1. The standard InChI is InChI=1S/C26H29N5O4S/c32-17-4-3-10-29(16-17)11-9-27-25(34)22-23(33)18-7-8-21(30-12-14-35-15-13-30)28-24(18)31-19-5-1-2-6-20(19)36-26(22)31/h1-2,5-8,17,32H,3-4,9-16H2,(H,27,34). The quantitative estimate of drug-likeness (QED) is 0.427. The number of nitrogens with one attached hydrogen (secondary N) is 1. The molecule has 0 radical (unpaired) electrons. The number of fused-ring (bicyclic) bond motifs is 5. The van der Waals surface area contributed by atoms with E-state index in [0.717, 1.165) is 48.5 Å². The topological polar surface area (TPSA) is 99.4 Å². The number of hydrogen-bond acceptors (Lipinski definition) is 8. The van der Waals surface area contributed by atoms with E-state index in [9.17, 15) is 14.7 Å². The Morgan fingerprint density at radius 3 is 2.83 bits per heavy atom. The molecule has 2 aliphatic heterocycles. The fraction of sp³-hybridized carbons (Fsp3) is 0.423. The molecule has 1 aromatic carbocycles. The summed E-state index contributed by atoms with van der Waals surface area (Å²) in [6.07, 6.45) is 1.46. The van der Waals surface area contributed by atoms with Crippen LogP contribution in [0.3, 0.4) is 0 Å². The van der Waals surface area contributed by atoms with Crippen LogP contribution in [-0.2, 0) is 4.74 Å². The summed E-state index contributed by atoms with van der Waals surface area (Å²) < 4.78 is 8.42. The third kappa shape index (κ3) is 4.24. The van der Waals surface area contributed by atoms with Crippen molar-refractivity contribution >= 4 is 49.1 Å². The molecular formula is C26H29N5O4S. The highest BCUT2D eigenvalue weighted by atomic mass is 32.1. The van der Waals surface area contributed by atoms with Gasteiger partial charge in [-0.25, -0.2) is 4.98 Å². The number of β-amino-alcohol motifs (C(OH)–C–C–N with tert-alkyl or cyclic N) is 1. The van der Waals surface area contributed by atoms with Crippen LogP contribution in [0, 0.1) is 0 Å². The van der Waals surface area contributed by atoms with E-state index in [1.54, 1.807) is 6.07 Å². The van der Waals surface area contributed by atoms with Crippen LogP contribution in [0.4, 0.5) is 5.82 Å². The molecule has 1 amide bonds. The van der Waals surface area contributed by atoms with Crippen molar-refractivity contribution in [1.29, 1.82) is 0 Å². The van der Waals surface area contributed by atoms with Gasteiger partial charge in [-0.15, -0.1) is 11.3 Å². The van der Waals surface area contributed by atoms with Gasteiger partial charge in [-0.2, -0.15) is 0 Å². The van der Waals surface area contributed by atoms with E-state index in [1.165, 1.54) is 11.3 Å². The minimum absolute atomic E-state index is 0.156. The van der Waals surface area contributed by atoms with Gasteiger partial charge in [0.15, 0.2) is 5.65 Å². The summed E-state index contributed by atoms with van der Waals surface area (Å²) in [5, 5.41) is 13.3. The van der Waals surface area contributed by atoms with Crippen LogP contribution in [0.15, 0.2) is 41.2 Å². The van der Waals surface area contributed by atoms with E-state index >= 15 is 0 Å². The average Bonchev–Trinajstić information content (AvgIpc) is 3.28. The maximum Gasteiger partial charge on any atom is 0.258 e. The highest BCUT2D eigenvalue weighted by molar-refractivity contribution is 7.24. The maximum absolute atomic E-state index is 13.7. The van der Waals surface area contributed by atoms with Gasteiger partial charge >= 0.3 is 0 Å². The molecule has 6 rings (SSSR count). The smallest absolute Gasteiger partial charge is 0.258 e. The SMILES string of the molecule is O=C(NCCN1CCCC(O)C1)c1c(=O)c2ccc(N3CCOCC3)nc2n2c1sc1ccccc12. The lowest BCUT2D eigenvalue weighted by molar-refractivity contribution is 0.0703. The number of rotatable bonds is 5. The summed E-state index contributed by atoms with van der Waals surface area (Å²) in [7, 11) is 0. The van der Waals surface area contributed by atoms with E-state index < -0.39 is 0 Å². The van der Waals surface area contributed by atoms with Gasteiger partial charge < -0.3 is 20.1 Å². The number of aromatic nitrogens is 2. The number of hydrogen-bond donors (Lipinski definition) is 2. The highest BCUT2D eigenvalue weighted by Gasteiger charge is 2.24. The average molecular weight is 508 g/mol. The first-order valence-electron chi connectivity index (χ1n) is 12.5. The van der Waals surface area contributed by atoms with Crippen LogP contribution in [0.25, 0.3) is 26.1 Å². The summed E-state index contributed by atoms with van der Waals surface area (Å²) in [5.74, 6) is 0.427. The first-order chi connectivity index (χ1) is 17.6. The number of thiazole rings is 1. The molecule has 188 valence electrons. The van der Waals surface area contributed by atoms with Crippen molar-refractivity contribution in [2.45, 2.75) is 18.9 Å². The lowest BCUT2D eigenvalue weighted by atomic mass is 10.1. The highest BCUT2D eigenvalue weighted by Crippen LogP contribution is 2.31. The van der Waals surface area contributed by atoms with Crippen LogP contribution < -0.4 is 15.6 Å². The van der Waals surface area contributed by atoms with E-state index in [4.69, 9.17) is 9.72 Å². The fourth-order valence-corrected chi connectivity index (χ4v) is 6.38. The second kappa shape index (κ2) is 9.78. The Bertz CT molecular complexity index is 1490. The van der Waals surface area contributed by atoms with E-state index in [1.807, 2.05) is 34.7 Å². The molecule has 2 saturated heterocycles. The van der Waals surface area contributed by atoms with Crippen LogP contribution in [-0.4, -0.2) is 83.9 Å².